The van der Waals surface area contributed by atoms with Crippen molar-refractivity contribution in [2.45, 2.75) is 116 Å². The number of nitrogens with one attached hydrogen (secondary N) is 2. The van der Waals surface area contributed by atoms with Gasteiger partial charge in [-0.2, -0.15) is 0 Å². The van der Waals surface area contributed by atoms with Gasteiger partial charge in [-0.05, 0) is 6.42 Å². The first-order chi connectivity index (χ1) is 18.2. The molecule has 0 radical (unpaired) electrons. The van der Waals surface area contributed by atoms with Gasteiger partial charge < -0.3 is 24.3 Å². The molecule has 1 aliphatic heterocycles. The van der Waals surface area contributed by atoms with E-state index in [0.29, 0.717) is 32.8 Å². The third kappa shape index (κ3) is 21.1. The van der Waals surface area contributed by atoms with Crippen LogP contribution in [0.3, 0.4) is 0 Å². The molecule has 1 unspecified atom stereocenters. The second-order valence-corrected chi connectivity index (χ2v) is 10.00. The van der Waals surface area contributed by atoms with E-state index in [-0.39, 0.29) is 13.2 Å². The number of hydrogen-bond acceptors (Lipinski definition) is 7. The molecule has 1 rings (SSSR count). The molecule has 2 amide bonds. The second kappa shape index (κ2) is 24.7. The van der Waals surface area contributed by atoms with Crippen molar-refractivity contribution in [1.82, 2.24) is 15.8 Å². The number of alkyl carbamates (subject to hydrolysis) is 1. The van der Waals surface area contributed by atoms with Crippen LogP contribution in [0.2, 0.25) is 0 Å². The van der Waals surface area contributed by atoms with Gasteiger partial charge in [0.05, 0.1) is 13.2 Å². The number of rotatable bonds is 23. The summed E-state index contributed by atoms with van der Waals surface area (Å²) in [5.74, 6) is 0. The zero-order valence-electron chi connectivity index (χ0n) is 23.7. The molecule has 0 bridgehead atoms. The van der Waals surface area contributed by atoms with Gasteiger partial charge in [-0.3, -0.25) is 5.43 Å². The third-order valence-corrected chi connectivity index (χ3v) is 6.69. The summed E-state index contributed by atoms with van der Waals surface area (Å²) in [6.45, 7) is 5.27. The summed E-state index contributed by atoms with van der Waals surface area (Å²) in [4.78, 5) is 23.8. The number of methoxy groups -OCH3 is 1. The zero-order chi connectivity index (χ0) is 26.8. The lowest BCUT2D eigenvalue weighted by molar-refractivity contribution is -0.0174. The fourth-order valence-corrected chi connectivity index (χ4v) is 4.27. The quantitative estimate of drug-likeness (QED) is 0.158. The van der Waals surface area contributed by atoms with E-state index >= 15 is 0 Å². The van der Waals surface area contributed by atoms with Crippen LogP contribution in [0.25, 0.3) is 0 Å². The standard InChI is InChI=1S/C28H55N3O6/c1-3-4-5-6-7-8-9-10-11-12-13-14-15-16-17-18-19-29-27(32)36-24-26(34-2)25-37-28(33)30-31-20-22-35-23-21-31/h26H,3-25H2,1-2H3,(H,29,32)(H,30,33). The molecule has 218 valence electrons. The van der Waals surface area contributed by atoms with Crippen LogP contribution in [0.15, 0.2) is 0 Å². The molecule has 1 atom stereocenters. The van der Waals surface area contributed by atoms with Crippen LogP contribution in [0, 0.1) is 0 Å². The molecule has 1 saturated heterocycles. The maximum absolute atomic E-state index is 11.9. The van der Waals surface area contributed by atoms with Crippen molar-refractivity contribution < 1.29 is 28.5 Å². The maximum Gasteiger partial charge on any atom is 0.421 e. The zero-order valence-corrected chi connectivity index (χ0v) is 23.7. The summed E-state index contributed by atoms with van der Waals surface area (Å²) in [6, 6.07) is 0. The van der Waals surface area contributed by atoms with E-state index in [1.807, 2.05) is 0 Å². The highest BCUT2D eigenvalue weighted by molar-refractivity contribution is 5.67. The van der Waals surface area contributed by atoms with E-state index in [0.717, 1.165) is 12.8 Å². The number of hydrazine groups is 1. The van der Waals surface area contributed by atoms with E-state index < -0.39 is 18.3 Å². The molecule has 0 aromatic carbocycles. The van der Waals surface area contributed by atoms with Crippen LogP contribution < -0.4 is 10.7 Å². The summed E-state index contributed by atoms with van der Waals surface area (Å²) >= 11 is 0. The minimum absolute atomic E-state index is 0.000914. The van der Waals surface area contributed by atoms with Crippen LogP contribution in [0.1, 0.15) is 110 Å². The Bertz CT molecular complexity index is 546. The molecule has 0 aromatic heterocycles. The molecule has 0 aromatic rings. The highest BCUT2D eigenvalue weighted by Crippen LogP contribution is 2.13. The van der Waals surface area contributed by atoms with Gasteiger partial charge in [-0.1, -0.05) is 103 Å². The van der Waals surface area contributed by atoms with Crippen LogP contribution >= 0.6 is 0 Å². The molecule has 1 fully saturated rings. The normalized spacial score (nSPS) is 14.8. The van der Waals surface area contributed by atoms with Gasteiger partial charge in [0, 0.05) is 26.7 Å². The fraction of sp³-hybridized carbons (Fsp3) is 0.929. The average molecular weight is 530 g/mol. The van der Waals surface area contributed by atoms with E-state index in [1.54, 1.807) is 5.01 Å². The Kier molecular flexibility index (Phi) is 22.4. The van der Waals surface area contributed by atoms with Crippen molar-refractivity contribution >= 4 is 12.2 Å². The van der Waals surface area contributed by atoms with Crippen LogP contribution in [-0.2, 0) is 18.9 Å². The molecule has 1 heterocycles. The van der Waals surface area contributed by atoms with Crippen molar-refractivity contribution in [2.75, 3.05) is 53.2 Å². The van der Waals surface area contributed by atoms with Crippen molar-refractivity contribution in [1.29, 1.82) is 0 Å². The Morgan fingerprint density at radius 2 is 1.19 bits per heavy atom. The third-order valence-electron chi connectivity index (χ3n) is 6.69. The summed E-state index contributed by atoms with van der Waals surface area (Å²) in [5.41, 5.74) is 2.65. The first-order valence-electron chi connectivity index (χ1n) is 14.8. The van der Waals surface area contributed by atoms with Gasteiger partial charge in [-0.15, -0.1) is 0 Å². The van der Waals surface area contributed by atoms with Crippen molar-refractivity contribution in [2.24, 2.45) is 0 Å². The first-order valence-corrected chi connectivity index (χ1v) is 14.8. The predicted molar refractivity (Wildman–Crippen MR) is 147 cm³/mol. The maximum atomic E-state index is 11.9. The van der Waals surface area contributed by atoms with Gasteiger partial charge in [0.2, 0.25) is 0 Å². The van der Waals surface area contributed by atoms with E-state index in [9.17, 15) is 9.59 Å². The average Bonchev–Trinajstić information content (AvgIpc) is 2.91. The summed E-state index contributed by atoms with van der Waals surface area (Å²) < 4.78 is 20.8. The Labute approximate surface area is 225 Å². The van der Waals surface area contributed by atoms with Crippen LogP contribution in [0.5, 0.6) is 0 Å². The number of morpholine rings is 1. The molecular weight excluding hydrogens is 474 g/mol. The number of nitrogens with zero attached hydrogens (tertiary/aromatic N) is 1. The summed E-state index contributed by atoms with van der Waals surface area (Å²) in [6.07, 6.45) is 19.6. The Balaban J connectivity index is 1.86. The number of hydrogen-bond donors (Lipinski definition) is 2. The van der Waals surface area contributed by atoms with Crippen LogP contribution in [-0.4, -0.2) is 76.5 Å². The van der Waals surface area contributed by atoms with Gasteiger partial charge in [0.15, 0.2) is 0 Å². The molecule has 2 N–H and O–H groups in total. The number of carbonyl (C=O) groups excluding carboxylic acids is 2. The topological polar surface area (TPSA) is 98.4 Å². The lowest BCUT2D eigenvalue weighted by Gasteiger charge is -2.26. The lowest BCUT2D eigenvalue weighted by atomic mass is 10.0. The Morgan fingerprint density at radius 3 is 1.68 bits per heavy atom. The van der Waals surface area contributed by atoms with Gasteiger partial charge >= 0.3 is 12.2 Å². The molecule has 9 nitrogen and oxygen atoms in total. The molecular formula is C28H55N3O6. The van der Waals surface area contributed by atoms with Gasteiger partial charge in [-0.25, -0.2) is 14.6 Å². The molecule has 0 saturated carbocycles. The van der Waals surface area contributed by atoms with Crippen molar-refractivity contribution in [3.05, 3.63) is 0 Å². The molecule has 1 aliphatic rings. The highest BCUT2D eigenvalue weighted by Gasteiger charge is 2.17. The SMILES string of the molecule is CCCCCCCCCCCCCCCCCCNC(=O)OCC(COC(=O)NN1CCOCC1)OC. The largest absolute Gasteiger partial charge is 0.447 e. The van der Waals surface area contributed by atoms with E-state index in [4.69, 9.17) is 18.9 Å². The second-order valence-electron chi connectivity index (χ2n) is 10.00. The molecule has 9 heteroatoms. The van der Waals surface area contributed by atoms with Crippen molar-refractivity contribution in [3.8, 4) is 0 Å². The van der Waals surface area contributed by atoms with Crippen molar-refractivity contribution in [3.63, 3.8) is 0 Å². The monoisotopic (exact) mass is 529 g/mol. The predicted octanol–water partition coefficient (Wildman–Crippen LogP) is 5.96. The Hall–Kier alpha value is -1.58. The number of amides is 2. The highest BCUT2D eigenvalue weighted by atomic mass is 16.6. The van der Waals surface area contributed by atoms with Gasteiger partial charge in [0.25, 0.3) is 0 Å². The summed E-state index contributed by atoms with van der Waals surface area (Å²) in [7, 11) is 1.49. The molecule has 37 heavy (non-hydrogen) atoms. The van der Waals surface area contributed by atoms with E-state index in [2.05, 4.69) is 17.7 Å². The fourth-order valence-electron chi connectivity index (χ4n) is 4.27. The van der Waals surface area contributed by atoms with E-state index in [1.165, 1.54) is 97.0 Å². The minimum Gasteiger partial charge on any atom is -0.447 e. The summed E-state index contributed by atoms with van der Waals surface area (Å²) in [5, 5.41) is 4.52. The number of unbranched alkanes of at least 4 members (excludes halogenated alkanes) is 15. The molecule has 0 spiro atoms. The molecule has 0 aliphatic carbocycles. The Morgan fingerprint density at radius 1 is 0.730 bits per heavy atom. The number of carbonyl (C=O) groups is 2. The minimum atomic E-state index is -0.558. The number of ether oxygens (including phenoxy) is 4. The first kappa shape index (κ1) is 33.4. The lowest BCUT2D eigenvalue weighted by Crippen LogP contribution is -2.49. The smallest absolute Gasteiger partial charge is 0.421 e. The van der Waals surface area contributed by atoms with Gasteiger partial charge in [0.1, 0.15) is 19.3 Å². The van der Waals surface area contributed by atoms with Crippen LogP contribution in [0.4, 0.5) is 9.59 Å².